The van der Waals surface area contributed by atoms with Gasteiger partial charge in [0, 0.05) is 36.8 Å². The van der Waals surface area contributed by atoms with E-state index in [0.717, 1.165) is 50.0 Å². The van der Waals surface area contributed by atoms with Crippen LogP contribution in [-0.4, -0.2) is 0 Å². The summed E-state index contributed by atoms with van der Waals surface area (Å²) in [7, 11) is 0. The van der Waals surface area contributed by atoms with Gasteiger partial charge in [0.1, 0.15) is 11.2 Å². The van der Waals surface area contributed by atoms with Crippen molar-refractivity contribution < 1.29 is 4.42 Å². The number of hydrogen-bond donors (Lipinski definition) is 1. The summed E-state index contributed by atoms with van der Waals surface area (Å²) in [5, 5.41) is 8.62. The van der Waals surface area contributed by atoms with Crippen LogP contribution in [0.3, 0.4) is 0 Å². The van der Waals surface area contributed by atoms with Gasteiger partial charge in [-0.15, -0.1) is 11.3 Å². The number of rotatable bonds is 5. The van der Waals surface area contributed by atoms with Gasteiger partial charge in [0.25, 0.3) is 0 Å². The first kappa shape index (κ1) is 25.8. The van der Waals surface area contributed by atoms with Crippen molar-refractivity contribution in [1.29, 1.82) is 0 Å². The molecule has 0 aliphatic rings. The van der Waals surface area contributed by atoms with E-state index in [-0.39, 0.29) is 0 Å². The standard InChI is InChI=1S/C42H27NOS/c1-4-12-27(13-5-1)30-20-21-33-37(25-30)44-42-32(29-16-8-3-9-17-29)22-23-35(41(33)42)43-36-24-31(28-14-6-2-7-15-28)26-39-40(36)34-18-10-11-19-38(34)45-39/h1-26,43H. The minimum absolute atomic E-state index is 0.877. The van der Waals surface area contributed by atoms with Gasteiger partial charge in [0.2, 0.25) is 0 Å². The molecular weight excluding hydrogens is 567 g/mol. The van der Waals surface area contributed by atoms with E-state index < -0.39 is 0 Å². The number of anilines is 2. The molecule has 0 fully saturated rings. The molecule has 9 rings (SSSR count). The van der Waals surface area contributed by atoms with Crippen molar-refractivity contribution in [3.8, 4) is 33.4 Å². The average molecular weight is 594 g/mol. The molecule has 2 nitrogen and oxygen atoms in total. The molecular formula is C42H27NOS. The summed E-state index contributed by atoms with van der Waals surface area (Å²) < 4.78 is 9.33. The van der Waals surface area contributed by atoms with Crippen LogP contribution in [0.5, 0.6) is 0 Å². The van der Waals surface area contributed by atoms with E-state index in [1.54, 1.807) is 0 Å². The van der Waals surface area contributed by atoms with E-state index in [9.17, 15) is 0 Å². The second kappa shape index (κ2) is 10.5. The lowest BCUT2D eigenvalue weighted by atomic mass is 9.99. The molecule has 212 valence electrons. The Kier molecular flexibility index (Phi) is 6.03. The zero-order chi connectivity index (χ0) is 29.7. The summed E-state index contributed by atoms with van der Waals surface area (Å²) in [6, 6.07) is 55.9. The summed E-state index contributed by atoms with van der Waals surface area (Å²) in [4.78, 5) is 0. The van der Waals surface area contributed by atoms with Gasteiger partial charge in [-0.2, -0.15) is 0 Å². The molecule has 2 heterocycles. The molecule has 3 heteroatoms. The highest BCUT2D eigenvalue weighted by Crippen LogP contribution is 2.46. The largest absolute Gasteiger partial charge is 0.455 e. The fraction of sp³-hybridized carbons (Fsp3) is 0. The summed E-state index contributed by atoms with van der Waals surface area (Å²) in [6.45, 7) is 0. The quantitative estimate of drug-likeness (QED) is 0.215. The van der Waals surface area contributed by atoms with Crippen LogP contribution in [0.25, 0.3) is 75.5 Å². The molecule has 0 bridgehead atoms. The Labute approximate surface area is 264 Å². The zero-order valence-electron chi connectivity index (χ0n) is 24.3. The molecule has 0 amide bonds. The highest BCUT2D eigenvalue weighted by atomic mass is 32.1. The Morgan fingerprint density at radius 2 is 1.09 bits per heavy atom. The summed E-state index contributed by atoms with van der Waals surface area (Å²) in [6.07, 6.45) is 0. The molecule has 0 aliphatic carbocycles. The molecule has 7 aromatic carbocycles. The highest BCUT2D eigenvalue weighted by Gasteiger charge is 2.19. The maximum absolute atomic E-state index is 6.78. The SMILES string of the molecule is c1ccc(-c2ccc3c(c2)oc2c(-c4ccccc4)ccc(Nc4cc(-c5ccccc5)cc5sc6ccccc6c45)c23)cc1. The van der Waals surface area contributed by atoms with Crippen molar-refractivity contribution in [2.75, 3.05) is 5.32 Å². The third-order valence-electron chi connectivity index (χ3n) is 8.67. The van der Waals surface area contributed by atoms with Gasteiger partial charge >= 0.3 is 0 Å². The molecule has 0 unspecified atom stereocenters. The highest BCUT2D eigenvalue weighted by molar-refractivity contribution is 7.26. The van der Waals surface area contributed by atoms with Crippen LogP contribution in [0.4, 0.5) is 11.4 Å². The molecule has 0 spiro atoms. The molecule has 9 aromatic rings. The molecule has 1 N–H and O–H groups in total. The first-order valence-corrected chi connectivity index (χ1v) is 16.0. The van der Waals surface area contributed by atoms with Crippen LogP contribution in [0, 0.1) is 0 Å². The zero-order valence-corrected chi connectivity index (χ0v) is 25.1. The molecule has 0 saturated carbocycles. The average Bonchev–Trinajstić information content (AvgIpc) is 3.68. The van der Waals surface area contributed by atoms with Crippen molar-refractivity contribution in [3.63, 3.8) is 0 Å². The third-order valence-corrected chi connectivity index (χ3v) is 9.79. The van der Waals surface area contributed by atoms with Gasteiger partial charge in [-0.1, -0.05) is 115 Å². The second-order valence-electron chi connectivity index (χ2n) is 11.4. The van der Waals surface area contributed by atoms with Crippen molar-refractivity contribution in [2.45, 2.75) is 0 Å². The minimum atomic E-state index is 0.877. The predicted molar refractivity (Wildman–Crippen MR) is 193 cm³/mol. The monoisotopic (exact) mass is 593 g/mol. The fourth-order valence-electron chi connectivity index (χ4n) is 6.53. The lowest BCUT2D eigenvalue weighted by molar-refractivity contribution is 0.670. The van der Waals surface area contributed by atoms with E-state index in [0.29, 0.717) is 0 Å². The van der Waals surface area contributed by atoms with Gasteiger partial charge in [-0.3, -0.25) is 0 Å². The van der Waals surface area contributed by atoms with Crippen LogP contribution < -0.4 is 5.32 Å². The smallest absolute Gasteiger partial charge is 0.145 e. The van der Waals surface area contributed by atoms with Gasteiger partial charge < -0.3 is 9.73 Å². The molecule has 0 saturated heterocycles. The maximum Gasteiger partial charge on any atom is 0.145 e. The summed E-state index contributed by atoms with van der Waals surface area (Å²) >= 11 is 1.84. The number of thiophene rings is 1. The Bertz CT molecular complexity index is 2490. The molecule has 45 heavy (non-hydrogen) atoms. The molecule has 0 atom stereocenters. The van der Waals surface area contributed by atoms with Gasteiger partial charge in [-0.05, 0) is 70.3 Å². The van der Waals surface area contributed by atoms with E-state index >= 15 is 0 Å². The maximum atomic E-state index is 6.78. The third kappa shape index (κ3) is 4.40. The fourth-order valence-corrected chi connectivity index (χ4v) is 7.71. The molecule has 0 aliphatic heterocycles. The first-order chi connectivity index (χ1) is 22.3. The second-order valence-corrected chi connectivity index (χ2v) is 12.5. The summed E-state index contributed by atoms with van der Waals surface area (Å²) in [5.74, 6) is 0. The first-order valence-electron chi connectivity index (χ1n) is 15.2. The number of benzene rings is 7. The molecule has 0 radical (unpaired) electrons. The van der Waals surface area contributed by atoms with Crippen LogP contribution in [-0.2, 0) is 0 Å². The lowest BCUT2D eigenvalue weighted by Gasteiger charge is -2.14. The van der Waals surface area contributed by atoms with Crippen molar-refractivity contribution in [1.82, 2.24) is 0 Å². The lowest BCUT2D eigenvalue weighted by Crippen LogP contribution is -1.94. The minimum Gasteiger partial charge on any atom is -0.455 e. The van der Waals surface area contributed by atoms with E-state index in [4.69, 9.17) is 4.42 Å². The van der Waals surface area contributed by atoms with Crippen molar-refractivity contribution >= 4 is 64.8 Å². The van der Waals surface area contributed by atoms with Gasteiger partial charge in [-0.25, -0.2) is 0 Å². The number of fused-ring (bicyclic) bond motifs is 6. The Morgan fingerprint density at radius 1 is 0.422 bits per heavy atom. The summed E-state index contributed by atoms with van der Waals surface area (Å²) in [5.41, 5.74) is 10.8. The number of hydrogen-bond acceptors (Lipinski definition) is 3. The van der Waals surface area contributed by atoms with Crippen LogP contribution in [0.15, 0.2) is 162 Å². The van der Waals surface area contributed by atoms with Crippen molar-refractivity contribution in [2.24, 2.45) is 0 Å². The van der Waals surface area contributed by atoms with E-state index in [2.05, 4.69) is 157 Å². The van der Waals surface area contributed by atoms with Crippen LogP contribution in [0.1, 0.15) is 0 Å². The topological polar surface area (TPSA) is 25.2 Å². The van der Waals surface area contributed by atoms with E-state index in [1.807, 2.05) is 17.4 Å². The van der Waals surface area contributed by atoms with E-state index in [1.165, 1.54) is 36.9 Å². The van der Waals surface area contributed by atoms with Crippen molar-refractivity contribution in [3.05, 3.63) is 158 Å². The normalized spacial score (nSPS) is 11.6. The molecule has 2 aromatic heterocycles. The van der Waals surface area contributed by atoms with Gasteiger partial charge in [0.15, 0.2) is 0 Å². The number of furan rings is 1. The number of nitrogens with one attached hydrogen (secondary N) is 1. The Balaban J connectivity index is 1.29. The Hall–Kier alpha value is -5.64. The van der Waals surface area contributed by atoms with Crippen LogP contribution in [0.2, 0.25) is 0 Å². The Morgan fingerprint density at radius 3 is 1.84 bits per heavy atom. The van der Waals surface area contributed by atoms with Crippen LogP contribution >= 0.6 is 11.3 Å². The predicted octanol–water partition coefficient (Wildman–Crippen LogP) is 12.7. The van der Waals surface area contributed by atoms with Gasteiger partial charge in [0.05, 0.1) is 11.1 Å².